The highest BCUT2D eigenvalue weighted by Gasteiger charge is 2.31. The zero-order chi connectivity index (χ0) is 13.6. The molecule has 1 amide bonds. The van der Waals surface area contributed by atoms with Crippen LogP contribution in [0.3, 0.4) is 0 Å². The monoisotopic (exact) mass is 265 g/mol. The van der Waals surface area contributed by atoms with E-state index in [1.165, 1.54) is 0 Å². The summed E-state index contributed by atoms with van der Waals surface area (Å²) in [5.74, 6) is 0. The van der Waals surface area contributed by atoms with Crippen molar-refractivity contribution in [1.29, 1.82) is 0 Å². The number of amides is 1. The fourth-order valence-electron chi connectivity index (χ4n) is 2.19. The van der Waals surface area contributed by atoms with Gasteiger partial charge in [0.1, 0.15) is 5.60 Å². The zero-order valence-corrected chi connectivity index (χ0v) is 11.5. The average molecular weight is 265 g/mol. The van der Waals surface area contributed by atoms with Gasteiger partial charge in [-0.25, -0.2) is 4.79 Å². The van der Waals surface area contributed by atoms with Crippen LogP contribution in [0.2, 0.25) is 0 Å². The van der Waals surface area contributed by atoms with E-state index in [2.05, 4.69) is 5.10 Å². The molecule has 1 fully saturated rings. The lowest BCUT2D eigenvalue weighted by Gasteiger charge is -2.27. The molecule has 6 nitrogen and oxygen atoms in total. The van der Waals surface area contributed by atoms with Crippen molar-refractivity contribution in [3.63, 3.8) is 0 Å². The molecule has 19 heavy (non-hydrogen) atoms. The number of fused-ring (bicyclic) bond motifs is 1. The van der Waals surface area contributed by atoms with Gasteiger partial charge in [0.2, 0.25) is 0 Å². The molecule has 0 unspecified atom stereocenters. The van der Waals surface area contributed by atoms with Crippen LogP contribution >= 0.6 is 0 Å². The third-order valence-corrected chi connectivity index (χ3v) is 3.24. The summed E-state index contributed by atoms with van der Waals surface area (Å²) < 4.78 is 12.5. The fraction of sp³-hybridized carbons (Fsp3) is 0.692. The van der Waals surface area contributed by atoms with Gasteiger partial charge in [0.05, 0.1) is 38.0 Å². The first-order valence-electron chi connectivity index (χ1n) is 6.55. The topological polar surface area (TPSA) is 56.6 Å². The zero-order valence-electron chi connectivity index (χ0n) is 11.5. The van der Waals surface area contributed by atoms with Crippen molar-refractivity contribution in [3.8, 4) is 0 Å². The maximum atomic E-state index is 12.0. The second kappa shape index (κ2) is 4.23. The summed E-state index contributed by atoms with van der Waals surface area (Å²) >= 11 is 0. The number of aromatic nitrogens is 2. The predicted octanol–water partition coefficient (Wildman–Crippen LogP) is 1.71. The van der Waals surface area contributed by atoms with E-state index in [1.54, 1.807) is 4.90 Å². The third-order valence-electron chi connectivity index (χ3n) is 3.24. The van der Waals surface area contributed by atoms with Crippen LogP contribution in [0.25, 0.3) is 0 Å². The molecular weight excluding hydrogens is 246 g/mol. The molecule has 1 aromatic rings. The molecule has 3 heterocycles. The Bertz CT molecular complexity index is 476. The van der Waals surface area contributed by atoms with Crippen molar-refractivity contribution in [2.24, 2.45) is 0 Å². The second-order valence-corrected chi connectivity index (χ2v) is 6.11. The minimum Gasteiger partial charge on any atom is -0.444 e. The summed E-state index contributed by atoms with van der Waals surface area (Å²) in [6, 6.07) is 0.362. The smallest absolute Gasteiger partial charge is 0.410 e. The molecule has 0 saturated carbocycles. The summed E-state index contributed by atoms with van der Waals surface area (Å²) in [5, 5.41) is 4.53. The van der Waals surface area contributed by atoms with Gasteiger partial charge in [-0.3, -0.25) is 9.58 Å². The molecule has 104 valence electrons. The van der Waals surface area contributed by atoms with Gasteiger partial charge in [0.25, 0.3) is 0 Å². The van der Waals surface area contributed by atoms with Gasteiger partial charge in [-0.15, -0.1) is 0 Å². The van der Waals surface area contributed by atoms with Crippen LogP contribution in [0.15, 0.2) is 6.20 Å². The predicted molar refractivity (Wildman–Crippen MR) is 67.6 cm³/mol. The molecule has 0 spiro atoms. The first-order chi connectivity index (χ1) is 8.92. The number of ether oxygens (including phenoxy) is 2. The number of hydrogen-bond acceptors (Lipinski definition) is 4. The van der Waals surface area contributed by atoms with Crippen LogP contribution in [0.1, 0.15) is 38.1 Å². The van der Waals surface area contributed by atoms with Gasteiger partial charge >= 0.3 is 6.09 Å². The molecule has 0 bridgehead atoms. The molecule has 1 aromatic heterocycles. The van der Waals surface area contributed by atoms with Crippen LogP contribution in [-0.2, 0) is 22.6 Å². The first kappa shape index (κ1) is 12.5. The third kappa shape index (κ3) is 2.45. The van der Waals surface area contributed by atoms with E-state index >= 15 is 0 Å². The fourth-order valence-corrected chi connectivity index (χ4v) is 2.19. The highest BCUT2D eigenvalue weighted by molar-refractivity contribution is 5.69. The molecule has 6 heteroatoms. The van der Waals surface area contributed by atoms with Gasteiger partial charge < -0.3 is 9.47 Å². The summed E-state index contributed by atoms with van der Waals surface area (Å²) in [4.78, 5) is 13.6. The minimum absolute atomic E-state index is 0.274. The Labute approximate surface area is 112 Å². The lowest BCUT2D eigenvalue weighted by molar-refractivity contribution is -0.0291. The highest BCUT2D eigenvalue weighted by Crippen LogP contribution is 2.26. The van der Waals surface area contributed by atoms with E-state index < -0.39 is 5.60 Å². The van der Waals surface area contributed by atoms with E-state index in [0.717, 1.165) is 24.5 Å². The Kier molecular flexibility index (Phi) is 2.78. The Balaban J connectivity index is 1.64. The molecule has 0 atom stereocenters. The van der Waals surface area contributed by atoms with E-state index in [-0.39, 0.29) is 6.09 Å². The average Bonchev–Trinajstić information content (AvgIpc) is 2.68. The van der Waals surface area contributed by atoms with Crippen LogP contribution in [0.5, 0.6) is 0 Å². The van der Waals surface area contributed by atoms with Crippen molar-refractivity contribution < 1.29 is 14.3 Å². The molecule has 0 N–H and O–H groups in total. The number of rotatable bonds is 1. The molecule has 2 aliphatic rings. The summed E-state index contributed by atoms with van der Waals surface area (Å²) in [6.45, 7) is 8.19. The number of carbonyl (C=O) groups excluding carboxylic acids is 1. The lowest BCUT2D eigenvalue weighted by atomic mass is 10.2. The molecule has 1 saturated heterocycles. The molecule has 3 rings (SSSR count). The molecular formula is C13H19N3O3. The molecule has 0 aromatic carbocycles. The summed E-state index contributed by atoms with van der Waals surface area (Å²) in [5.41, 5.74) is 1.62. The number of hydrogen-bond donors (Lipinski definition) is 0. The number of nitrogens with zero attached hydrogens (tertiary/aromatic N) is 3. The Morgan fingerprint density at radius 3 is 2.68 bits per heavy atom. The van der Waals surface area contributed by atoms with Crippen molar-refractivity contribution in [2.75, 3.05) is 13.2 Å². The second-order valence-electron chi connectivity index (χ2n) is 6.11. The largest absolute Gasteiger partial charge is 0.444 e. The molecule has 0 aliphatic carbocycles. The van der Waals surface area contributed by atoms with Crippen molar-refractivity contribution in [1.82, 2.24) is 14.7 Å². The highest BCUT2D eigenvalue weighted by atomic mass is 16.6. The maximum Gasteiger partial charge on any atom is 0.410 e. The lowest BCUT2D eigenvalue weighted by Crippen LogP contribution is -2.34. The van der Waals surface area contributed by atoms with Crippen molar-refractivity contribution >= 4 is 6.09 Å². The summed E-state index contributed by atoms with van der Waals surface area (Å²) in [7, 11) is 0. The standard InChI is InChI=1S/C13H19N3O3/c1-13(2,3)19-12(17)15-4-9-5-16(10-7-18-8-10)14-11(9)6-15/h5,10H,4,6-8H2,1-3H3. The van der Waals surface area contributed by atoms with E-state index in [4.69, 9.17) is 9.47 Å². The first-order valence-corrected chi connectivity index (χ1v) is 6.55. The van der Waals surface area contributed by atoms with Crippen LogP contribution in [0.4, 0.5) is 4.79 Å². The molecule has 0 radical (unpaired) electrons. The van der Waals surface area contributed by atoms with Gasteiger partial charge in [0.15, 0.2) is 0 Å². The van der Waals surface area contributed by atoms with Gasteiger partial charge in [-0.2, -0.15) is 5.10 Å². The van der Waals surface area contributed by atoms with E-state index in [1.807, 2.05) is 31.6 Å². The van der Waals surface area contributed by atoms with Crippen molar-refractivity contribution in [3.05, 3.63) is 17.5 Å². The Morgan fingerprint density at radius 1 is 1.42 bits per heavy atom. The van der Waals surface area contributed by atoms with Gasteiger partial charge in [-0.1, -0.05) is 0 Å². The Morgan fingerprint density at radius 2 is 2.16 bits per heavy atom. The van der Waals surface area contributed by atoms with Crippen LogP contribution in [-0.4, -0.2) is 39.6 Å². The van der Waals surface area contributed by atoms with Gasteiger partial charge in [-0.05, 0) is 20.8 Å². The quantitative estimate of drug-likeness (QED) is 0.775. The van der Waals surface area contributed by atoms with Crippen molar-refractivity contribution in [2.45, 2.75) is 45.5 Å². The Hall–Kier alpha value is -1.56. The molecule has 2 aliphatic heterocycles. The maximum absolute atomic E-state index is 12.0. The van der Waals surface area contributed by atoms with E-state index in [0.29, 0.717) is 19.1 Å². The number of carbonyl (C=O) groups is 1. The SMILES string of the molecule is CC(C)(C)OC(=O)N1Cc2cn(C3COC3)nc2C1. The van der Waals surface area contributed by atoms with E-state index in [9.17, 15) is 4.79 Å². The van der Waals surface area contributed by atoms with Crippen LogP contribution < -0.4 is 0 Å². The van der Waals surface area contributed by atoms with Gasteiger partial charge in [0, 0.05) is 11.8 Å². The normalized spacial score (nSPS) is 19.2. The minimum atomic E-state index is -0.458. The summed E-state index contributed by atoms with van der Waals surface area (Å²) in [6.07, 6.45) is 1.75. The van der Waals surface area contributed by atoms with Crippen LogP contribution in [0, 0.1) is 0 Å².